The molecule has 1 N–H and O–H groups in total. The molecule has 0 aromatic rings. The Morgan fingerprint density at radius 3 is 2.83 bits per heavy atom. The van der Waals surface area contributed by atoms with Crippen LogP contribution in [-0.2, 0) is 9.47 Å². The summed E-state index contributed by atoms with van der Waals surface area (Å²) in [7, 11) is 3.95. The highest BCUT2D eigenvalue weighted by atomic mass is 16.5. The van der Waals surface area contributed by atoms with Crippen LogP contribution >= 0.6 is 0 Å². The molecule has 0 saturated carbocycles. The minimum atomic E-state index is 0.701. The first kappa shape index (κ1) is 15.9. The van der Waals surface area contributed by atoms with E-state index in [2.05, 4.69) is 17.3 Å². The fourth-order valence-electron chi connectivity index (χ4n) is 2.37. The fraction of sp³-hybridized carbons (Fsp3) is 1.00. The monoisotopic (exact) mass is 258 g/mol. The minimum absolute atomic E-state index is 0.701. The summed E-state index contributed by atoms with van der Waals surface area (Å²) in [6.45, 7) is 5.79. The largest absolute Gasteiger partial charge is 0.382 e. The van der Waals surface area contributed by atoms with Crippen LogP contribution in [0.1, 0.15) is 32.1 Å². The third-order valence-electron chi connectivity index (χ3n) is 3.63. The van der Waals surface area contributed by atoms with E-state index in [0.29, 0.717) is 6.61 Å². The molecule has 1 saturated heterocycles. The van der Waals surface area contributed by atoms with Gasteiger partial charge in [-0.3, -0.25) is 0 Å². The van der Waals surface area contributed by atoms with Gasteiger partial charge in [0.2, 0.25) is 0 Å². The third kappa shape index (κ3) is 7.31. The van der Waals surface area contributed by atoms with Crippen LogP contribution in [0.25, 0.3) is 0 Å². The normalized spacial score (nSPS) is 21.3. The van der Waals surface area contributed by atoms with Crippen molar-refractivity contribution in [3.8, 4) is 0 Å². The molecule has 1 rings (SSSR count). The van der Waals surface area contributed by atoms with E-state index in [-0.39, 0.29) is 0 Å². The van der Waals surface area contributed by atoms with Gasteiger partial charge in [-0.2, -0.15) is 0 Å². The Kier molecular flexibility index (Phi) is 9.48. The van der Waals surface area contributed by atoms with Gasteiger partial charge in [-0.15, -0.1) is 0 Å². The van der Waals surface area contributed by atoms with Crippen LogP contribution in [-0.4, -0.2) is 64.6 Å². The highest BCUT2D eigenvalue weighted by Crippen LogP contribution is 2.13. The van der Waals surface area contributed by atoms with Gasteiger partial charge in [-0.25, -0.2) is 0 Å². The number of rotatable bonds is 10. The van der Waals surface area contributed by atoms with Gasteiger partial charge in [0, 0.05) is 26.3 Å². The number of nitrogens with zero attached hydrogens (tertiary/aromatic N) is 1. The van der Waals surface area contributed by atoms with Crippen LogP contribution in [0.2, 0.25) is 0 Å². The van der Waals surface area contributed by atoms with Crippen molar-refractivity contribution in [2.75, 3.05) is 53.6 Å². The standard InChI is InChI=1S/C14H30N2O2/c1-16-9-5-3-7-14(16)13-15-8-4-6-10-18-12-11-17-2/h14-15H,3-13H2,1-2H3. The van der Waals surface area contributed by atoms with Crippen molar-refractivity contribution in [1.82, 2.24) is 10.2 Å². The number of piperidine rings is 1. The molecule has 1 aliphatic rings. The quantitative estimate of drug-likeness (QED) is 0.602. The number of hydrogen-bond donors (Lipinski definition) is 1. The van der Waals surface area contributed by atoms with Crippen LogP contribution in [0.3, 0.4) is 0 Å². The maximum atomic E-state index is 5.43. The van der Waals surface area contributed by atoms with E-state index in [9.17, 15) is 0 Å². The molecule has 1 atom stereocenters. The molecule has 1 fully saturated rings. The Morgan fingerprint density at radius 1 is 1.17 bits per heavy atom. The van der Waals surface area contributed by atoms with Crippen LogP contribution in [0.5, 0.6) is 0 Å². The van der Waals surface area contributed by atoms with Gasteiger partial charge in [-0.1, -0.05) is 6.42 Å². The molecule has 0 amide bonds. The van der Waals surface area contributed by atoms with Crippen molar-refractivity contribution >= 4 is 0 Å². The highest BCUT2D eigenvalue weighted by Gasteiger charge is 2.17. The van der Waals surface area contributed by atoms with E-state index in [1.807, 2.05) is 0 Å². The lowest BCUT2D eigenvalue weighted by atomic mass is 10.0. The summed E-state index contributed by atoms with van der Waals surface area (Å²) in [5.41, 5.74) is 0. The Hall–Kier alpha value is -0.160. The summed E-state index contributed by atoms with van der Waals surface area (Å²) in [4.78, 5) is 2.49. The maximum absolute atomic E-state index is 5.43. The molecule has 0 radical (unpaired) electrons. The number of likely N-dealkylation sites (tertiary alicyclic amines) is 1. The molecule has 4 nitrogen and oxygen atoms in total. The van der Waals surface area contributed by atoms with Gasteiger partial charge in [0.25, 0.3) is 0 Å². The third-order valence-corrected chi connectivity index (χ3v) is 3.63. The molecule has 0 aliphatic carbocycles. The topological polar surface area (TPSA) is 33.7 Å². The second-order valence-electron chi connectivity index (χ2n) is 5.15. The van der Waals surface area contributed by atoms with Crippen molar-refractivity contribution in [3.05, 3.63) is 0 Å². The molecule has 4 heteroatoms. The molecule has 108 valence electrons. The zero-order chi connectivity index (χ0) is 13.1. The lowest BCUT2D eigenvalue weighted by Gasteiger charge is -2.32. The zero-order valence-electron chi connectivity index (χ0n) is 12.1. The second-order valence-corrected chi connectivity index (χ2v) is 5.15. The second kappa shape index (κ2) is 10.7. The summed E-state index contributed by atoms with van der Waals surface area (Å²) >= 11 is 0. The molecule has 0 bridgehead atoms. The first-order valence-electron chi connectivity index (χ1n) is 7.32. The van der Waals surface area contributed by atoms with Gasteiger partial charge in [0.15, 0.2) is 0 Å². The summed E-state index contributed by atoms with van der Waals surface area (Å²) in [6.07, 6.45) is 6.44. The molecule has 0 aromatic heterocycles. The summed E-state index contributed by atoms with van der Waals surface area (Å²) in [5, 5.41) is 3.57. The SMILES string of the molecule is COCCOCCCCNCC1CCCCN1C. The fourth-order valence-corrected chi connectivity index (χ4v) is 2.37. The van der Waals surface area contributed by atoms with E-state index in [1.54, 1.807) is 7.11 Å². The Morgan fingerprint density at radius 2 is 2.06 bits per heavy atom. The molecule has 1 unspecified atom stereocenters. The number of unbranched alkanes of at least 4 members (excludes halogenated alkanes) is 1. The Balaban J connectivity index is 1.83. The zero-order valence-corrected chi connectivity index (χ0v) is 12.1. The number of methoxy groups -OCH3 is 1. The Bertz CT molecular complexity index is 191. The average molecular weight is 258 g/mol. The van der Waals surface area contributed by atoms with Crippen molar-refractivity contribution in [2.45, 2.75) is 38.1 Å². The lowest BCUT2D eigenvalue weighted by Crippen LogP contribution is -2.43. The number of hydrogen-bond acceptors (Lipinski definition) is 4. The molecule has 0 spiro atoms. The van der Waals surface area contributed by atoms with Crippen molar-refractivity contribution < 1.29 is 9.47 Å². The van der Waals surface area contributed by atoms with Crippen LogP contribution < -0.4 is 5.32 Å². The predicted molar refractivity (Wildman–Crippen MR) is 75.1 cm³/mol. The van der Waals surface area contributed by atoms with E-state index >= 15 is 0 Å². The average Bonchev–Trinajstić information content (AvgIpc) is 2.39. The predicted octanol–water partition coefficient (Wildman–Crippen LogP) is 1.50. The van der Waals surface area contributed by atoms with E-state index in [0.717, 1.165) is 38.8 Å². The molecule has 0 aromatic carbocycles. The van der Waals surface area contributed by atoms with Crippen molar-refractivity contribution in [3.63, 3.8) is 0 Å². The first-order valence-corrected chi connectivity index (χ1v) is 7.32. The van der Waals surface area contributed by atoms with Crippen molar-refractivity contribution in [1.29, 1.82) is 0 Å². The van der Waals surface area contributed by atoms with Gasteiger partial charge >= 0.3 is 0 Å². The van der Waals surface area contributed by atoms with E-state index < -0.39 is 0 Å². The van der Waals surface area contributed by atoms with Crippen LogP contribution in [0.15, 0.2) is 0 Å². The maximum Gasteiger partial charge on any atom is 0.0700 e. The molecule has 1 heterocycles. The van der Waals surface area contributed by atoms with Gasteiger partial charge in [-0.05, 0) is 45.8 Å². The number of ether oxygens (including phenoxy) is 2. The van der Waals surface area contributed by atoms with Gasteiger partial charge < -0.3 is 19.7 Å². The van der Waals surface area contributed by atoms with Crippen molar-refractivity contribution in [2.24, 2.45) is 0 Å². The number of nitrogens with one attached hydrogen (secondary N) is 1. The summed E-state index contributed by atoms with van der Waals surface area (Å²) < 4.78 is 10.3. The van der Waals surface area contributed by atoms with Crippen LogP contribution in [0, 0.1) is 0 Å². The summed E-state index contributed by atoms with van der Waals surface area (Å²) in [6, 6.07) is 0.747. The Labute approximate surface area is 112 Å². The molecule has 1 aliphatic heterocycles. The smallest absolute Gasteiger partial charge is 0.0700 e. The highest BCUT2D eigenvalue weighted by molar-refractivity contribution is 4.75. The summed E-state index contributed by atoms with van der Waals surface area (Å²) in [5.74, 6) is 0. The molecular weight excluding hydrogens is 228 g/mol. The van der Waals surface area contributed by atoms with Crippen LogP contribution in [0.4, 0.5) is 0 Å². The van der Waals surface area contributed by atoms with E-state index in [4.69, 9.17) is 9.47 Å². The number of likely N-dealkylation sites (N-methyl/N-ethyl adjacent to an activating group) is 1. The van der Waals surface area contributed by atoms with Gasteiger partial charge in [0.05, 0.1) is 13.2 Å². The minimum Gasteiger partial charge on any atom is -0.382 e. The lowest BCUT2D eigenvalue weighted by molar-refractivity contribution is 0.0687. The molecule has 18 heavy (non-hydrogen) atoms. The van der Waals surface area contributed by atoms with Gasteiger partial charge in [0.1, 0.15) is 0 Å². The first-order chi connectivity index (χ1) is 8.84. The molecular formula is C14H30N2O2. The van der Waals surface area contributed by atoms with E-state index in [1.165, 1.54) is 32.2 Å².